The number of aliphatic hydroxyl groups excluding tert-OH is 3. The number of sulfonamides is 1. The van der Waals surface area contributed by atoms with Crippen LogP contribution in [0.3, 0.4) is 0 Å². The molecular formula is C30H45IN2O6S. The van der Waals surface area contributed by atoms with E-state index in [-0.39, 0.29) is 57.3 Å². The Balaban J connectivity index is 1.25. The third-order valence-electron chi connectivity index (χ3n) is 11.9. The van der Waals surface area contributed by atoms with Crippen LogP contribution < -0.4 is 10.5 Å². The van der Waals surface area contributed by atoms with Gasteiger partial charge in [-0.15, -0.1) is 0 Å². The molecule has 4 aliphatic rings. The van der Waals surface area contributed by atoms with Crippen LogP contribution in [0.1, 0.15) is 78.6 Å². The molecule has 40 heavy (non-hydrogen) atoms. The molecular weight excluding hydrogens is 643 g/mol. The molecule has 224 valence electrons. The Morgan fingerprint density at radius 3 is 2.52 bits per heavy atom. The summed E-state index contributed by atoms with van der Waals surface area (Å²) < 4.78 is 23.8. The summed E-state index contributed by atoms with van der Waals surface area (Å²) in [4.78, 5) is 12.9. The average Bonchev–Trinajstić information content (AvgIpc) is 3.22. The first-order valence-electron chi connectivity index (χ1n) is 14.8. The Hall–Kier alpha value is -0.790. The van der Waals surface area contributed by atoms with Gasteiger partial charge in [0.25, 0.3) is 0 Å². The van der Waals surface area contributed by atoms with Crippen LogP contribution in [0, 0.1) is 49.9 Å². The van der Waals surface area contributed by atoms with Gasteiger partial charge in [-0.05, 0) is 138 Å². The molecule has 0 saturated heterocycles. The lowest BCUT2D eigenvalue weighted by Crippen LogP contribution is -2.62. The number of carbonyl (C=O) groups is 1. The van der Waals surface area contributed by atoms with Gasteiger partial charge in [0.2, 0.25) is 15.9 Å². The molecule has 0 spiro atoms. The van der Waals surface area contributed by atoms with Crippen LogP contribution in [0.25, 0.3) is 0 Å². The van der Waals surface area contributed by atoms with Crippen molar-refractivity contribution in [3.05, 3.63) is 21.8 Å². The van der Waals surface area contributed by atoms with Gasteiger partial charge in [-0.1, -0.05) is 20.8 Å². The Kier molecular flexibility index (Phi) is 8.47. The lowest BCUT2D eigenvalue weighted by atomic mass is 9.43. The van der Waals surface area contributed by atoms with Crippen LogP contribution in [-0.4, -0.2) is 48.0 Å². The van der Waals surface area contributed by atoms with E-state index in [9.17, 15) is 28.5 Å². The normalized spacial score (nSPS) is 41.9. The van der Waals surface area contributed by atoms with E-state index in [1.165, 1.54) is 6.07 Å². The SMILES string of the molecule is C[C@H](CCC(=O)Nc1ccc(S(N)(=O)=O)c(I)c1)[C@H]1CC[C@H]2[C@@H]3[C@H](O)C[C@@H]4C[C@H](O)CC[C@]4(C)[C@H]3C[C@H](O)[C@]12C. The van der Waals surface area contributed by atoms with E-state index in [0.717, 1.165) is 38.5 Å². The molecule has 4 aliphatic carbocycles. The second kappa shape index (κ2) is 11.0. The van der Waals surface area contributed by atoms with Gasteiger partial charge < -0.3 is 20.6 Å². The maximum atomic E-state index is 12.8. The van der Waals surface area contributed by atoms with Crippen LogP contribution in [0.5, 0.6) is 0 Å². The summed E-state index contributed by atoms with van der Waals surface area (Å²) in [5.74, 6) is 1.36. The predicted octanol–water partition coefficient (Wildman–Crippen LogP) is 4.25. The number of aliphatic hydroxyl groups is 3. The molecule has 5 rings (SSSR count). The fourth-order valence-electron chi connectivity index (χ4n) is 9.72. The van der Waals surface area contributed by atoms with Gasteiger partial charge >= 0.3 is 0 Å². The third kappa shape index (κ3) is 5.27. The molecule has 1 aromatic carbocycles. The van der Waals surface area contributed by atoms with Crippen molar-refractivity contribution >= 4 is 44.2 Å². The van der Waals surface area contributed by atoms with Crippen molar-refractivity contribution in [2.24, 2.45) is 51.5 Å². The van der Waals surface area contributed by atoms with Gasteiger partial charge in [0.05, 0.1) is 23.2 Å². The highest BCUT2D eigenvalue weighted by molar-refractivity contribution is 14.1. The minimum absolute atomic E-state index is 0.0331. The molecule has 4 saturated carbocycles. The topological polar surface area (TPSA) is 150 Å². The van der Waals surface area contributed by atoms with Gasteiger partial charge in [-0.2, -0.15) is 0 Å². The summed E-state index contributed by atoms with van der Waals surface area (Å²) in [7, 11) is -3.82. The third-order valence-corrected chi connectivity index (χ3v) is 14.1. The summed E-state index contributed by atoms with van der Waals surface area (Å²) in [5, 5.41) is 41.7. The second-order valence-electron chi connectivity index (χ2n) is 13.8. The van der Waals surface area contributed by atoms with Crippen molar-refractivity contribution < 1.29 is 28.5 Å². The molecule has 0 aliphatic heterocycles. The molecule has 1 amide bonds. The molecule has 8 nitrogen and oxygen atoms in total. The fourth-order valence-corrected chi connectivity index (χ4v) is 11.7. The Morgan fingerprint density at radius 2 is 1.85 bits per heavy atom. The van der Waals surface area contributed by atoms with Crippen molar-refractivity contribution in [3.63, 3.8) is 0 Å². The number of nitrogens with two attached hydrogens (primary N) is 1. The summed E-state index contributed by atoms with van der Waals surface area (Å²) in [5.41, 5.74) is 0.288. The monoisotopic (exact) mass is 688 g/mol. The van der Waals surface area contributed by atoms with Crippen molar-refractivity contribution in [3.8, 4) is 0 Å². The number of primary sulfonamides is 1. The smallest absolute Gasteiger partial charge is 0.239 e. The second-order valence-corrected chi connectivity index (χ2v) is 16.5. The number of hydrogen-bond donors (Lipinski definition) is 5. The first kappa shape index (κ1) is 30.7. The highest BCUT2D eigenvalue weighted by atomic mass is 127. The zero-order chi connectivity index (χ0) is 29.2. The van der Waals surface area contributed by atoms with Gasteiger partial charge in [-0.25, -0.2) is 13.6 Å². The Labute approximate surface area is 252 Å². The van der Waals surface area contributed by atoms with Gasteiger partial charge in [0, 0.05) is 15.7 Å². The Bertz CT molecular complexity index is 1240. The van der Waals surface area contributed by atoms with Crippen LogP contribution in [0.2, 0.25) is 0 Å². The zero-order valence-corrected chi connectivity index (χ0v) is 26.7. The molecule has 10 heteroatoms. The molecule has 6 N–H and O–H groups in total. The lowest BCUT2D eigenvalue weighted by molar-refractivity contribution is -0.207. The highest BCUT2D eigenvalue weighted by Gasteiger charge is 2.65. The van der Waals surface area contributed by atoms with Crippen LogP contribution in [-0.2, 0) is 14.8 Å². The van der Waals surface area contributed by atoms with Crippen molar-refractivity contribution in [2.75, 3.05) is 5.32 Å². The van der Waals surface area contributed by atoms with E-state index in [1.807, 2.05) is 22.6 Å². The molecule has 11 atom stereocenters. The number of amides is 1. The van der Waals surface area contributed by atoms with E-state index in [2.05, 4.69) is 26.1 Å². The van der Waals surface area contributed by atoms with Gasteiger partial charge in [0.1, 0.15) is 0 Å². The number of benzene rings is 1. The average molecular weight is 689 g/mol. The zero-order valence-electron chi connectivity index (χ0n) is 23.7. The maximum Gasteiger partial charge on any atom is 0.239 e. The minimum Gasteiger partial charge on any atom is -0.393 e. The summed E-state index contributed by atoms with van der Waals surface area (Å²) in [6.07, 6.45) is 5.85. The van der Waals surface area contributed by atoms with Gasteiger partial charge in [0.15, 0.2) is 0 Å². The van der Waals surface area contributed by atoms with Crippen LogP contribution >= 0.6 is 22.6 Å². The molecule has 0 radical (unpaired) electrons. The molecule has 0 unspecified atom stereocenters. The van der Waals surface area contributed by atoms with E-state index < -0.39 is 22.2 Å². The number of anilines is 1. The lowest BCUT2D eigenvalue weighted by Gasteiger charge is -2.63. The van der Waals surface area contributed by atoms with Gasteiger partial charge in [-0.3, -0.25) is 4.79 Å². The summed E-state index contributed by atoms with van der Waals surface area (Å²) in [6.45, 7) is 6.76. The predicted molar refractivity (Wildman–Crippen MR) is 162 cm³/mol. The molecule has 0 aromatic heterocycles. The first-order chi connectivity index (χ1) is 18.7. The number of carbonyl (C=O) groups excluding carboxylic acids is 1. The number of fused-ring (bicyclic) bond motifs is 5. The first-order valence-corrected chi connectivity index (χ1v) is 17.4. The number of rotatable bonds is 6. The summed E-state index contributed by atoms with van der Waals surface area (Å²) in [6, 6.07) is 4.56. The fraction of sp³-hybridized carbons (Fsp3) is 0.767. The van der Waals surface area contributed by atoms with Crippen molar-refractivity contribution in [2.45, 2.75) is 102 Å². The van der Waals surface area contributed by atoms with E-state index in [0.29, 0.717) is 34.4 Å². The number of halogens is 1. The quantitative estimate of drug-likeness (QED) is 0.282. The maximum absolute atomic E-state index is 12.8. The number of nitrogens with one attached hydrogen (secondary N) is 1. The molecule has 1 aromatic rings. The number of hydrogen-bond acceptors (Lipinski definition) is 6. The van der Waals surface area contributed by atoms with Crippen molar-refractivity contribution in [1.29, 1.82) is 0 Å². The minimum atomic E-state index is -3.82. The molecule has 0 heterocycles. The van der Waals surface area contributed by atoms with Crippen molar-refractivity contribution in [1.82, 2.24) is 0 Å². The molecule has 0 bridgehead atoms. The van der Waals surface area contributed by atoms with E-state index in [1.54, 1.807) is 12.1 Å². The Morgan fingerprint density at radius 1 is 1.12 bits per heavy atom. The molecule has 4 fully saturated rings. The van der Waals surface area contributed by atoms with E-state index in [4.69, 9.17) is 5.14 Å². The van der Waals surface area contributed by atoms with Crippen LogP contribution in [0.4, 0.5) is 5.69 Å². The largest absolute Gasteiger partial charge is 0.393 e. The van der Waals surface area contributed by atoms with Crippen LogP contribution in [0.15, 0.2) is 23.1 Å². The highest BCUT2D eigenvalue weighted by Crippen LogP contribution is 2.68. The standard InChI is InChI=1S/C30H45IN2O6S/c1-16(4-9-27(37)33-18-5-8-25(23(31)14-18)40(32,38)39)20-6-7-21-28-22(15-26(36)30(20,21)3)29(2)11-10-19(34)12-17(29)13-24(28)35/h5,8,14,16-17,19-22,24,26,28,34-36H,4,6-7,9-13,15H2,1-3H3,(H,33,37)(H2,32,38,39)/t16-,17+,19-,20-,21+,22+,24-,26+,28+,29+,30-/m1/s1. The van der Waals surface area contributed by atoms with E-state index >= 15 is 0 Å². The summed E-state index contributed by atoms with van der Waals surface area (Å²) >= 11 is 1.90.